The first kappa shape index (κ1) is 12.6. The largest absolute Gasteiger partial charge is 0.386 e. The summed E-state index contributed by atoms with van der Waals surface area (Å²) in [5, 5.41) is 12.9. The summed E-state index contributed by atoms with van der Waals surface area (Å²) in [6, 6.07) is 10.2. The molecule has 1 aromatic carbocycles. The maximum atomic E-state index is 10.7. The van der Waals surface area contributed by atoms with Crippen LogP contribution in [0.4, 0.5) is 0 Å². The minimum absolute atomic E-state index is 0.370. The van der Waals surface area contributed by atoms with Crippen molar-refractivity contribution in [1.29, 1.82) is 0 Å². The predicted octanol–water partition coefficient (Wildman–Crippen LogP) is 4.09. The Hall–Kier alpha value is -1.41. The van der Waals surface area contributed by atoms with Gasteiger partial charge in [-0.05, 0) is 36.1 Å². The number of hydrogen-bond donors (Lipinski definition) is 1. The molecule has 3 rings (SSSR count). The van der Waals surface area contributed by atoms with Crippen molar-refractivity contribution in [2.24, 2.45) is 11.8 Å². The molecule has 0 aliphatic heterocycles. The molecule has 0 spiro atoms. The van der Waals surface area contributed by atoms with Gasteiger partial charge in [-0.15, -0.1) is 0 Å². The Labute approximate surface area is 114 Å². The average Bonchev–Trinajstić information content (AvgIpc) is 2.47. The Morgan fingerprint density at radius 1 is 1.11 bits per heavy atom. The molecular formula is C17H21NO. The number of aliphatic hydroxyl groups excluding tert-OH is 1. The second kappa shape index (κ2) is 5.30. The van der Waals surface area contributed by atoms with E-state index in [2.05, 4.69) is 24.0 Å². The van der Waals surface area contributed by atoms with Gasteiger partial charge in [-0.25, -0.2) is 0 Å². The maximum Gasteiger partial charge on any atom is 0.0994 e. The van der Waals surface area contributed by atoms with Crippen LogP contribution in [0, 0.1) is 11.8 Å². The number of aromatic nitrogens is 1. The highest BCUT2D eigenvalue weighted by Crippen LogP contribution is 2.37. The van der Waals surface area contributed by atoms with Crippen LogP contribution in [0.3, 0.4) is 0 Å². The van der Waals surface area contributed by atoms with Crippen molar-refractivity contribution >= 4 is 10.8 Å². The summed E-state index contributed by atoms with van der Waals surface area (Å²) in [6.07, 6.45) is 6.09. The molecule has 0 bridgehead atoms. The number of hydrogen-bond acceptors (Lipinski definition) is 2. The summed E-state index contributed by atoms with van der Waals surface area (Å²) in [5.41, 5.74) is 0.859. The van der Waals surface area contributed by atoms with E-state index in [1.54, 1.807) is 0 Å². The summed E-state index contributed by atoms with van der Waals surface area (Å²) in [5.74, 6) is 1.18. The van der Waals surface area contributed by atoms with Gasteiger partial charge in [0.1, 0.15) is 0 Å². The van der Waals surface area contributed by atoms with E-state index < -0.39 is 6.10 Å². The van der Waals surface area contributed by atoms with Gasteiger partial charge in [0.2, 0.25) is 0 Å². The summed E-state index contributed by atoms with van der Waals surface area (Å²) >= 11 is 0. The van der Waals surface area contributed by atoms with Gasteiger partial charge in [0.05, 0.1) is 11.8 Å². The van der Waals surface area contributed by atoms with E-state index in [1.807, 2.05) is 24.4 Å². The Bertz CT molecular complexity index is 553. The third kappa shape index (κ3) is 2.50. The number of benzene rings is 1. The molecule has 100 valence electrons. The summed E-state index contributed by atoms with van der Waals surface area (Å²) in [7, 11) is 0. The number of fused-ring (bicyclic) bond motifs is 1. The number of nitrogens with zero attached hydrogens (tertiary/aromatic N) is 1. The second-order valence-electron chi connectivity index (χ2n) is 5.88. The Morgan fingerprint density at radius 2 is 1.84 bits per heavy atom. The molecular weight excluding hydrogens is 234 g/mol. The molecule has 1 aliphatic carbocycles. The zero-order valence-electron chi connectivity index (χ0n) is 11.4. The van der Waals surface area contributed by atoms with Crippen LogP contribution in [0.1, 0.15) is 44.4 Å². The predicted molar refractivity (Wildman–Crippen MR) is 77.8 cm³/mol. The van der Waals surface area contributed by atoms with Gasteiger partial charge in [0.15, 0.2) is 0 Å². The lowest BCUT2D eigenvalue weighted by Crippen LogP contribution is -2.20. The third-order valence-corrected chi connectivity index (χ3v) is 4.49. The molecule has 0 amide bonds. The smallest absolute Gasteiger partial charge is 0.0994 e. The van der Waals surface area contributed by atoms with E-state index in [0.717, 1.165) is 35.2 Å². The standard InChI is InChI=1S/C17H21NO/c1-12-6-8-14(9-7-12)17(19)16-15-5-3-2-4-13(15)10-11-18-16/h2-5,10-12,14,17,19H,6-9H2,1H3. The van der Waals surface area contributed by atoms with Crippen LogP contribution in [0.2, 0.25) is 0 Å². The lowest BCUT2D eigenvalue weighted by atomic mass is 9.79. The Balaban J connectivity index is 1.91. The van der Waals surface area contributed by atoms with Crippen molar-refractivity contribution in [3.8, 4) is 0 Å². The monoisotopic (exact) mass is 255 g/mol. The van der Waals surface area contributed by atoms with Crippen molar-refractivity contribution < 1.29 is 5.11 Å². The molecule has 1 fully saturated rings. The fourth-order valence-electron chi connectivity index (χ4n) is 3.20. The van der Waals surface area contributed by atoms with Crippen molar-refractivity contribution in [2.75, 3.05) is 0 Å². The van der Waals surface area contributed by atoms with Gasteiger partial charge < -0.3 is 5.11 Å². The highest BCUT2D eigenvalue weighted by molar-refractivity contribution is 5.84. The van der Waals surface area contributed by atoms with Crippen LogP contribution >= 0.6 is 0 Å². The lowest BCUT2D eigenvalue weighted by molar-refractivity contribution is 0.0734. The maximum absolute atomic E-state index is 10.7. The Kier molecular flexibility index (Phi) is 3.52. The average molecular weight is 255 g/mol. The molecule has 1 unspecified atom stereocenters. The molecule has 1 atom stereocenters. The van der Waals surface area contributed by atoms with Crippen LogP contribution in [0.5, 0.6) is 0 Å². The quantitative estimate of drug-likeness (QED) is 0.876. The molecule has 1 saturated carbocycles. The van der Waals surface area contributed by atoms with Crippen LogP contribution < -0.4 is 0 Å². The minimum Gasteiger partial charge on any atom is -0.386 e. The molecule has 1 aliphatic rings. The zero-order valence-corrected chi connectivity index (χ0v) is 11.4. The van der Waals surface area contributed by atoms with E-state index in [1.165, 1.54) is 12.8 Å². The highest BCUT2D eigenvalue weighted by Gasteiger charge is 2.27. The van der Waals surface area contributed by atoms with Gasteiger partial charge in [-0.2, -0.15) is 0 Å². The normalized spacial score (nSPS) is 25.4. The SMILES string of the molecule is CC1CCC(C(O)c2nccc3ccccc23)CC1. The van der Waals surface area contributed by atoms with E-state index in [0.29, 0.717) is 5.92 Å². The van der Waals surface area contributed by atoms with Crippen molar-refractivity contribution in [3.05, 3.63) is 42.2 Å². The molecule has 1 aromatic heterocycles. The topological polar surface area (TPSA) is 33.1 Å². The fourth-order valence-corrected chi connectivity index (χ4v) is 3.20. The summed E-state index contributed by atoms with van der Waals surface area (Å²) < 4.78 is 0. The summed E-state index contributed by atoms with van der Waals surface area (Å²) in [4.78, 5) is 4.45. The number of pyridine rings is 1. The molecule has 2 heteroatoms. The summed E-state index contributed by atoms with van der Waals surface area (Å²) in [6.45, 7) is 2.30. The highest BCUT2D eigenvalue weighted by atomic mass is 16.3. The van der Waals surface area contributed by atoms with Crippen LogP contribution in [0.15, 0.2) is 36.5 Å². The molecule has 2 nitrogen and oxygen atoms in total. The van der Waals surface area contributed by atoms with Crippen molar-refractivity contribution in [3.63, 3.8) is 0 Å². The minimum atomic E-state index is -0.418. The second-order valence-corrected chi connectivity index (χ2v) is 5.88. The molecule has 0 saturated heterocycles. The van der Waals surface area contributed by atoms with Gasteiger partial charge in [-0.3, -0.25) is 4.98 Å². The first-order valence-electron chi connectivity index (χ1n) is 7.27. The molecule has 0 radical (unpaired) electrons. The van der Waals surface area contributed by atoms with Gasteiger partial charge >= 0.3 is 0 Å². The first-order valence-corrected chi connectivity index (χ1v) is 7.27. The molecule has 2 aromatic rings. The van der Waals surface area contributed by atoms with Crippen molar-refractivity contribution in [2.45, 2.75) is 38.7 Å². The lowest BCUT2D eigenvalue weighted by Gasteiger charge is -2.30. The number of aliphatic hydroxyl groups is 1. The molecule has 1 N–H and O–H groups in total. The van der Waals surface area contributed by atoms with Crippen LogP contribution in [-0.4, -0.2) is 10.1 Å². The van der Waals surface area contributed by atoms with Gasteiger partial charge in [-0.1, -0.05) is 44.0 Å². The van der Waals surface area contributed by atoms with Gasteiger partial charge in [0.25, 0.3) is 0 Å². The fraction of sp³-hybridized carbons (Fsp3) is 0.471. The van der Waals surface area contributed by atoms with E-state index in [-0.39, 0.29) is 0 Å². The van der Waals surface area contributed by atoms with Crippen LogP contribution in [-0.2, 0) is 0 Å². The van der Waals surface area contributed by atoms with Crippen molar-refractivity contribution in [1.82, 2.24) is 4.98 Å². The van der Waals surface area contributed by atoms with Crippen LogP contribution in [0.25, 0.3) is 10.8 Å². The zero-order chi connectivity index (χ0) is 13.2. The first-order chi connectivity index (χ1) is 9.25. The molecule has 1 heterocycles. The Morgan fingerprint density at radius 3 is 2.63 bits per heavy atom. The third-order valence-electron chi connectivity index (χ3n) is 4.49. The van der Waals surface area contributed by atoms with E-state index in [9.17, 15) is 5.11 Å². The van der Waals surface area contributed by atoms with E-state index in [4.69, 9.17) is 0 Å². The number of rotatable bonds is 2. The van der Waals surface area contributed by atoms with E-state index >= 15 is 0 Å². The van der Waals surface area contributed by atoms with Gasteiger partial charge in [0, 0.05) is 11.6 Å². The molecule has 19 heavy (non-hydrogen) atoms.